The maximum atomic E-state index is 11.5. The lowest BCUT2D eigenvalue weighted by Gasteiger charge is -2.33. The first-order valence-electron chi connectivity index (χ1n) is 8.63. The van der Waals surface area contributed by atoms with Gasteiger partial charge in [0.15, 0.2) is 0 Å². The number of alkyl halides is 1. The van der Waals surface area contributed by atoms with Crippen molar-refractivity contribution >= 4 is 28.7 Å². The lowest BCUT2D eigenvalue weighted by atomic mass is 9.98. The van der Waals surface area contributed by atoms with Gasteiger partial charge in [-0.05, 0) is 50.3 Å². The number of imidazole rings is 1. The average molecular weight is 366 g/mol. The molecule has 2 rings (SSSR count). The molecule has 1 heterocycles. The third-order valence-corrected chi connectivity index (χ3v) is 5.04. The summed E-state index contributed by atoms with van der Waals surface area (Å²) in [6.45, 7) is 11.2. The molecule has 0 saturated heterocycles. The van der Waals surface area contributed by atoms with Gasteiger partial charge in [-0.3, -0.25) is 4.90 Å². The van der Waals surface area contributed by atoms with Gasteiger partial charge in [-0.25, -0.2) is 9.78 Å². The van der Waals surface area contributed by atoms with E-state index in [2.05, 4.69) is 23.4 Å². The van der Waals surface area contributed by atoms with Gasteiger partial charge in [0.2, 0.25) is 0 Å². The van der Waals surface area contributed by atoms with E-state index in [-0.39, 0.29) is 0 Å². The molecule has 1 amide bonds. The molecule has 0 aliphatic carbocycles. The Hall–Kier alpha value is -1.75. The highest BCUT2D eigenvalue weighted by atomic mass is 35.5. The molecule has 2 aromatic rings. The van der Waals surface area contributed by atoms with Crippen molar-refractivity contribution in [1.82, 2.24) is 14.5 Å². The van der Waals surface area contributed by atoms with Crippen LogP contribution in [-0.4, -0.2) is 37.1 Å². The highest BCUT2D eigenvalue weighted by Crippen LogP contribution is 2.23. The maximum absolute atomic E-state index is 11.5. The number of hydrogen-bond donors (Lipinski definition) is 1. The Morgan fingerprint density at radius 2 is 2.04 bits per heavy atom. The molecule has 0 aliphatic rings. The Labute approximate surface area is 154 Å². The first kappa shape index (κ1) is 19.6. The number of rotatable bonds is 6. The smallest absolute Gasteiger partial charge is 0.408 e. The fourth-order valence-electron chi connectivity index (χ4n) is 2.82. The van der Waals surface area contributed by atoms with Crippen LogP contribution in [-0.2, 0) is 13.1 Å². The number of carboxylic acid groups (broad SMARTS) is 1. The Balaban J connectivity index is 2.25. The molecule has 0 spiro atoms. The summed E-state index contributed by atoms with van der Waals surface area (Å²) in [7, 11) is 0. The largest absolute Gasteiger partial charge is 0.465 e. The standard InChI is InChI=1S/C19H28ClN3O2/c1-13(2)15(9-20)11-22-12-21-16-8-14(6-7-17(16)22)10-23(18(24)25)19(3,4)5/h6-8,12-13,15H,9-11H2,1-5H3,(H,24,25). The third kappa shape index (κ3) is 4.66. The second-order valence-electron chi connectivity index (χ2n) is 7.92. The normalized spacial score (nSPS) is 13.4. The molecule has 1 unspecified atom stereocenters. The zero-order valence-corrected chi connectivity index (χ0v) is 16.4. The van der Waals surface area contributed by atoms with Gasteiger partial charge < -0.3 is 9.67 Å². The minimum absolute atomic E-state index is 0.345. The van der Waals surface area contributed by atoms with Crippen molar-refractivity contribution < 1.29 is 9.90 Å². The molecular weight excluding hydrogens is 338 g/mol. The number of amides is 1. The van der Waals surface area contributed by atoms with Gasteiger partial charge in [-0.2, -0.15) is 0 Å². The van der Waals surface area contributed by atoms with Crippen molar-refractivity contribution in [3.05, 3.63) is 30.1 Å². The van der Waals surface area contributed by atoms with Crippen molar-refractivity contribution in [2.45, 2.75) is 53.2 Å². The van der Waals surface area contributed by atoms with Crippen LogP contribution in [0.4, 0.5) is 4.79 Å². The van der Waals surface area contributed by atoms with Crippen LogP contribution < -0.4 is 0 Å². The van der Waals surface area contributed by atoms with Gasteiger partial charge in [0.05, 0.1) is 17.4 Å². The summed E-state index contributed by atoms with van der Waals surface area (Å²) in [5, 5.41) is 9.46. The van der Waals surface area contributed by atoms with Crippen LogP contribution in [0.1, 0.15) is 40.2 Å². The summed E-state index contributed by atoms with van der Waals surface area (Å²) in [5.41, 5.74) is 2.42. The van der Waals surface area contributed by atoms with E-state index in [0.717, 1.165) is 23.1 Å². The van der Waals surface area contributed by atoms with Gasteiger partial charge in [-0.1, -0.05) is 19.9 Å². The summed E-state index contributed by atoms with van der Waals surface area (Å²) < 4.78 is 2.13. The molecule has 5 nitrogen and oxygen atoms in total. The van der Waals surface area contributed by atoms with Crippen molar-refractivity contribution in [2.24, 2.45) is 11.8 Å². The van der Waals surface area contributed by atoms with Crippen molar-refractivity contribution in [1.29, 1.82) is 0 Å². The average Bonchev–Trinajstić information content (AvgIpc) is 2.90. The number of carbonyl (C=O) groups is 1. The second kappa shape index (κ2) is 7.65. The number of aromatic nitrogens is 2. The molecule has 0 bridgehead atoms. The molecule has 1 aromatic carbocycles. The molecule has 0 aliphatic heterocycles. The Morgan fingerprint density at radius 3 is 2.56 bits per heavy atom. The summed E-state index contributed by atoms with van der Waals surface area (Å²) in [6, 6.07) is 5.97. The van der Waals surface area contributed by atoms with E-state index in [1.54, 1.807) is 0 Å². The number of nitrogens with zero attached hydrogens (tertiary/aromatic N) is 3. The fourth-order valence-corrected chi connectivity index (χ4v) is 3.27. The molecule has 6 heteroatoms. The van der Waals surface area contributed by atoms with Crippen LogP contribution in [0.15, 0.2) is 24.5 Å². The predicted molar refractivity (Wildman–Crippen MR) is 102 cm³/mol. The summed E-state index contributed by atoms with van der Waals surface area (Å²) >= 11 is 6.09. The first-order chi connectivity index (χ1) is 11.6. The molecule has 1 N–H and O–H groups in total. The number of benzene rings is 1. The van der Waals surface area contributed by atoms with E-state index in [1.807, 2.05) is 45.3 Å². The lowest BCUT2D eigenvalue weighted by Crippen LogP contribution is -2.44. The lowest BCUT2D eigenvalue weighted by molar-refractivity contribution is 0.0956. The molecule has 138 valence electrons. The molecule has 1 atom stereocenters. The molecule has 25 heavy (non-hydrogen) atoms. The van der Waals surface area contributed by atoms with Crippen molar-refractivity contribution in [2.75, 3.05) is 5.88 Å². The second-order valence-corrected chi connectivity index (χ2v) is 8.23. The Bertz CT molecular complexity index is 734. The highest BCUT2D eigenvalue weighted by Gasteiger charge is 2.26. The van der Waals surface area contributed by atoms with Gasteiger partial charge >= 0.3 is 6.09 Å². The first-order valence-corrected chi connectivity index (χ1v) is 9.17. The zero-order valence-electron chi connectivity index (χ0n) is 15.7. The summed E-state index contributed by atoms with van der Waals surface area (Å²) in [4.78, 5) is 17.5. The van der Waals surface area contributed by atoms with Crippen LogP contribution in [0.2, 0.25) is 0 Å². The maximum Gasteiger partial charge on any atom is 0.408 e. The van der Waals surface area contributed by atoms with E-state index in [4.69, 9.17) is 11.6 Å². The van der Waals surface area contributed by atoms with E-state index in [1.165, 1.54) is 4.90 Å². The molecule has 0 fully saturated rings. The van der Waals surface area contributed by atoms with E-state index >= 15 is 0 Å². The number of fused-ring (bicyclic) bond motifs is 1. The van der Waals surface area contributed by atoms with Crippen molar-refractivity contribution in [3.63, 3.8) is 0 Å². The Morgan fingerprint density at radius 1 is 1.36 bits per heavy atom. The topological polar surface area (TPSA) is 58.4 Å². The zero-order chi connectivity index (χ0) is 18.8. The van der Waals surface area contributed by atoms with Crippen LogP contribution >= 0.6 is 11.6 Å². The van der Waals surface area contributed by atoms with Gasteiger partial charge in [0.25, 0.3) is 0 Å². The van der Waals surface area contributed by atoms with E-state index in [0.29, 0.717) is 24.3 Å². The summed E-state index contributed by atoms with van der Waals surface area (Å²) in [6.07, 6.45) is 0.926. The quantitative estimate of drug-likeness (QED) is 0.746. The number of hydrogen-bond acceptors (Lipinski definition) is 2. The molecular formula is C19H28ClN3O2. The van der Waals surface area contributed by atoms with E-state index in [9.17, 15) is 9.90 Å². The molecule has 0 radical (unpaired) electrons. The SMILES string of the molecule is CC(C)C(CCl)Cn1cnc2cc(CN(C(=O)O)C(C)(C)C)ccc21. The van der Waals surface area contributed by atoms with E-state index < -0.39 is 11.6 Å². The van der Waals surface area contributed by atoms with Gasteiger partial charge in [0, 0.05) is 24.5 Å². The van der Waals surface area contributed by atoms with Gasteiger partial charge in [0.1, 0.15) is 0 Å². The minimum Gasteiger partial charge on any atom is -0.465 e. The van der Waals surface area contributed by atoms with Crippen LogP contribution in [0, 0.1) is 11.8 Å². The fraction of sp³-hybridized carbons (Fsp3) is 0.579. The van der Waals surface area contributed by atoms with Gasteiger partial charge in [-0.15, -0.1) is 11.6 Å². The summed E-state index contributed by atoms with van der Waals surface area (Å²) in [5.74, 6) is 1.52. The predicted octanol–water partition coefficient (Wildman–Crippen LogP) is 4.83. The van der Waals surface area contributed by atoms with Crippen LogP contribution in [0.5, 0.6) is 0 Å². The molecule has 1 aromatic heterocycles. The minimum atomic E-state index is -0.917. The highest BCUT2D eigenvalue weighted by molar-refractivity contribution is 6.18. The Kier molecular flexibility index (Phi) is 5.99. The van der Waals surface area contributed by atoms with Crippen molar-refractivity contribution in [3.8, 4) is 0 Å². The number of halogens is 1. The van der Waals surface area contributed by atoms with Crippen LogP contribution in [0.25, 0.3) is 11.0 Å². The third-order valence-electron chi connectivity index (χ3n) is 4.64. The monoisotopic (exact) mass is 365 g/mol. The molecule has 0 saturated carbocycles. The van der Waals surface area contributed by atoms with Crippen LogP contribution in [0.3, 0.4) is 0 Å².